The van der Waals surface area contributed by atoms with Crippen LogP contribution in [0.4, 0.5) is 0 Å². The van der Waals surface area contributed by atoms with Crippen LogP contribution >= 0.6 is 15.9 Å². The molecule has 0 saturated carbocycles. The molecule has 1 heterocycles. The smallest absolute Gasteiger partial charge is 0.0357 e. The Morgan fingerprint density at radius 1 is 1.33 bits per heavy atom. The first-order valence-electron chi connectivity index (χ1n) is 5.61. The van der Waals surface area contributed by atoms with E-state index in [2.05, 4.69) is 58.1 Å². The fraction of sp³-hybridized carbons (Fsp3) is 0.538. The Hall–Kier alpha value is -0.340. The van der Waals surface area contributed by atoms with Crippen LogP contribution in [0.15, 0.2) is 30.3 Å². The van der Waals surface area contributed by atoms with Crippen molar-refractivity contribution in [2.45, 2.75) is 30.6 Å². The van der Waals surface area contributed by atoms with Gasteiger partial charge in [0.25, 0.3) is 0 Å². The Balaban J connectivity index is 1.95. The van der Waals surface area contributed by atoms with Crippen molar-refractivity contribution >= 4 is 15.9 Å². The molecule has 0 aliphatic carbocycles. The van der Waals surface area contributed by atoms with Gasteiger partial charge in [0, 0.05) is 17.4 Å². The zero-order chi connectivity index (χ0) is 10.7. The first-order chi connectivity index (χ1) is 7.16. The van der Waals surface area contributed by atoms with E-state index in [0.29, 0.717) is 4.32 Å². The van der Waals surface area contributed by atoms with Gasteiger partial charge in [0.05, 0.1) is 0 Å². The van der Waals surface area contributed by atoms with Crippen LogP contribution in [-0.2, 0) is 6.54 Å². The van der Waals surface area contributed by atoms with Gasteiger partial charge in [0.15, 0.2) is 0 Å². The fourth-order valence-electron chi connectivity index (χ4n) is 2.27. The molecule has 0 amide bonds. The average molecular weight is 268 g/mol. The highest BCUT2D eigenvalue weighted by atomic mass is 79.9. The SMILES string of the molecule is CC1(Br)CCCN(Cc2ccccc2)C1. The molecular weight excluding hydrogens is 250 g/mol. The predicted octanol–water partition coefficient (Wildman–Crippen LogP) is 3.44. The van der Waals surface area contributed by atoms with Crippen molar-refractivity contribution in [3.05, 3.63) is 35.9 Å². The van der Waals surface area contributed by atoms with Crippen LogP contribution < -0.4 is 0 Å². The van der Waals surface area contributed by atoms with E-state index in [4.69, 9.17) is 0 Å². The number of hydrogen-bond donors (Lipinski definition) is 0. The molecule has 1 aliphatic heterocycles. The first kappa shape index (κ1) is 11.2. The average Bonchev–Trinajstić information content (AvgIpc) is 2.17. The number of hydrogen-bond acceptors (Lipinski definition) is 1. The van der Waals surface area contributed by atoms with Gasteiger partial charge in [-0.2, -0.15) is 0 Å². The maximum atomic E-state index is 3.80. The van der Waals surface area contributed by atoms with E-state index in [-0.39, 0.29) is 0 Å². The van der Waals surface area contributed by atoms with E-state index in [1.54, 1.807) is 0 Å². The third kappa shape index (κ3) is 3.32. The lowest BCUT2D eigenvalue weighted by atomic mass is 9.99. The predicted molar refractivity (Wildman–Crippen MR) is 68.3 cm³/mol. The van der Waals surface area contributed by atoms with Crippen LogP contribution in [0.2, 0.25) is 0 Å². The van der Waals surface area contributed by atoms with E-state index in [1.807, 2.05) is 0 Å². The highest BCUT2D eigenvalue weighted by Gasteiger charge is 2.27. The number of likely N-dealkylation sites (tertiary alicyclic amines) is 1. The van der Waals surface area contributed by atoms with Crippen LogP contribution in [0, 0.1) is 0 Å². The third-order valence-corrected chi connectivity index (χ3v) is 3.62. The molecule has 0 N–H and O–H groups in total. The summed E-state index contributed by atoms with van der Waals surface area (Å²) in [6, 6.07) is 10.7. The molecule has 1 fully saturated rings. The third-order valence-electron chi connectivity index (χ3n) is 2.97. The molecule has 1 aromatic carbocycles. The fourth-order valence-corrected chi connectivity index (χ4v) is 2.91. The number of alkyl halides is 1. The summed E-state index contributed by atoms with van der Waals surface area (Å²) in [6.07, 6.45) is 2.59. The Bertz CT molecular complexity index is 308. The quantitative estimate of drug-likeness (QED) is 0.743. The standard InChI is InChI=1S/C13H18BrN/c1-13(14)8-5-9-15(11-13)10-12-6-3-2-4-7-12/h2-4,6-7H,5,8-11H2,1H3. The molecule has 1 aromatic rings. The van der Waals surface area contributed by atoms with Crippen molar-refractivity contribution in [2.75, 3.05) is 13.1 Å². The van der Waals surface area contributed by atoms with Crippen molar-refractivity contribution in [3.8, 4) is 0 Å². The van der Waals surface area contributed by atoms with Gasteiger partial charge in [-0.05, 0) is 31.9 Å². The molecule has 2 heteroatoms. The lowest BCUT2D eigenvalue weighted by Gasteiger charge is -2.36. The zero-order valence-corrected chi connectivity index (χ0v) is 10.8. The van der Waals surface area contributed by atoms with Gasteiger partial charge in [0.2, 0.25) is 0 Å². The second-order valence-electron chi connectivity index (χ2n) is 4.71. The highest BCUT2D eigenvalue weighted by Crippen LogP contribution is 2.29. The van der Waals surface area contributed by atoms with Gasteiger partial charge in [-0.15, -0.1) is 0 Å². The Morgan fingerprint density at radius 3 is 2.73 bits per heavy atom. The molecule has 1 atom stereocenters. The molecule has 1 unspecified atom stereocenters. The largest absolute Gasteiger partial charge is 0.298 e. The normalized spacial score (nSPS) is 27.9. The summed E-state index contributed by atoms with van der Waals surface area (Å²) in [4.78, 5) is 2.54. The maximum absolute atomic E-state index is 3.80. The van der Waals surface area contributed by atoms with Crippen LogP contribution in [0.3, 0.4) is 0 Å². The van der Waals surface area contributed by atoms with Crippen molar-refractivity contribution in [3.63, 3.8) is 0 Å². The van der Waals surface area contributed by atoms with Gasteiger partial charge in [0.1, 0.15) is 0 Å². The van der Waals surface area contributed by atoms with E-state index in [9.17, 15) is 0 Å². The van der Waals surface area contributed by atoms with Crippen LogP contribution in [0.1, 0.15) is 25.3 Å². The van der Waals surface area contributed by atoms with Gasteiger partial charge < -0.3 is 0 Å². The molecule has 15 heavy (non-hydrogen) atoms. The van der Waals surface area contributed by atoms with E-state index in [1.165, 1.54) is 24.9 Å². The monoisotopic (exact) mass is 267 g/mol. The Labute approximate surface area is 101 Å². The van der Waals surface area contributed by atoms with Crippen LogP contribution in [-0.4, -0.2) is 22.3 Å². The van der Waals surface area contributed by atoms with Gasteiger partial charge in [-0.3, -0.25) is 4.90 Å². The maximum Gasteiger partial charge on any atom is 0.0357 e. The molecule has 0 aromatic heterocycles. The lowest BCUT2D eigenvalue weighted by Crippen LogP contribution is -2.41. The van der Waals surface area contributed by atoms with Gasteiger partial charge >= 0.3 is 0 Å². The molecule has 0 bridgehead atoms. The minimum absolute atomic E-state index is 0.319. The molecule has 2 rings (SSSR count). The van der Waals surface area contributed by atoms with Crippen molar-refractivity contribution in [1.29, 1.82) is 0 Å². The van der Waals surface area contributed by atoms with E-state index >= 15 is 0 Å². The molecule has 82 valence electrons. The lowest BCUT2D eigenvalue weighted by molar-refractivity contribution is 0.196. The van der Waals surface area contributed by atoms with Gasteiger partial charge in [-0.1, -0.05) is 46.3 Å². The summed E-state index contributed by atoms with van der Waals surface area (Å²) in [5, 5.41) is 0. The molecule has 0 spiro atoms. The van der Waals surface area contributed by atoms with E-state index < -0.39 is 0 Å². The minimum Gasteiger partial charge on any atom is -0.298 e. The second-order valence-corrected chi connectivity index (χ2v) is 6.63. The number of halogens is 1. The topological polar surface area (TPSA) is 3.24 Å². The number of nitrogens with zero attached hydrogens (tertiary/aromatic N) is 1. The molecular formula is C13H18BrN. The summed E-state index contributed by atoms with van der Waals surface area (Å²) in [6.45, 7) is 5.77. The summed E-state index contributed by atoms with van der Waals surface area (Å²) < 4.78 is 0.319. The summed E-state index contributed by atoms with van der Waals surface area (Å²) >= 11 is 3.80. The molecule has 0 radical (unpaired) electrons. The summed E-state index contributed by atoms with van der Waals surface area (Å²) in [5.74, 6) is 0. The number of benzene rings is 1. The van der Waals surface area contributed by atoms with Crippen LogP contribution in [0.5, 0.6) is 0 Å². The van der Waals surface area contributed by atoms with Crippen molar-refractivity contribution in [1.82, 2.24) is 4.90 Å². The zero-order valence-electron chi connectivity index (χ0n) is 9.25. The van der Waals surface area contributed by atoms with Crippen molar-refractivity contribution in [2.24, 2.45) is 0 Å². The highest BCUT2D eigenvalue weighted by molar-refractivity contribution is 9.10. The van der Waals surface area contributed by atoms with Crippen molar-refractivity contribution < 1.29 is 0 Å². The second kappa shape index (κ2) is 4.67. The Kier molecular flexibility index (Phi) is 3.47. The number of piperidine rings is 1. The molecule has 1 aliphatic rings. The number of rotatable bonds is 2. The Morgan fingerprint density at radius 2 is 2.07 bits per heavy atom. The molecule has 1 nitrogen and oxygen atoms in total. The molecule has 1 saturated heterocycles. The first-order valence-corrected chi connectivity index (χ1v) is 6.40. The van der Waals surface area contributed by atoms with Crippen LogP contribution in [0.25, 0.3) is 0 Å². The minimum atomic E-state index is 0.319. The summed E-state index contributed by atoms with van der Waals surface area (Å²) in [7, 11) is 0. The van der Waals surface area contributed by atoms with E-state index in [0.717, 1.165) is 13.1 Å². The van der Waals surface area contributed by atoms with Gasteiger partial charge in [-0.25, -0.2) is 0 Å². The summed E-state index contributed by atoms with van der Waals surface area (Å²) in [5.41, 5.74) is 1.42.